The molecule has 0 bridgehead atoms. The highest BCUT2D eigenvalue weighted by molar-refractivity contribution is 6.98. The molecule has 0 fully saturated rings. The van der Waals surface area contributed by atoms with E-state index in [-0.39, 0.29) is 6.71 Å². The van der Waals surface area contributed by atoms with Crippen LogP contribution in [0.3, 0.4) is 0 Å². The number of imidazole rings is 1. The van der Waals surface area contributed by atoms with E-state index in [0.29, 0.717) is 0 Å². The molecule has 0 N–H and O–H groups in total. The second kappa shape index (κ2) is 13.1. The molecule has 4 heterocycles. The van der Waals surface area contributed by atoms with Gasteiger partial charge in [-0.25, -0.2) is 9.97 Å². The number of nitrogens with zero attached hydrogens (tertiary/aromatic N) is 5. The van der Waals surface area contributed by atoms with Crippen LogP contribution in [0.25, 0.3) is 44.3 Å². The normalized spacial score (nSPS) is 12.3. The molecule has 6 nitrogen and oxygen atoms in total. The molecule has 1 aliphatic heterocycles. The lowest BCUT2D eigenvalue weighted by Crippen LogP contribution is -2.58. The van der Waals surface area contributed by atoms with E-state index in [0.717, 1.165) is 61.5 Å². The summed E-state index contributed by atoms with van der Waals surface area (Å²) >= 11 is 0. The van der Waals surface area contributed by atoms with Crippen LogP contribution in [-0.4, -0.2) is 25.8 Å². The van der Waals surface area contributed by atoms with Crippen LogP contribution in [0.5, 0.6) is 11.5 Å². The van der Waals surface area contributed by atoms with Gasteiger partial charge in [-0.05, 0) is 85.4 Å². The summed E-state index contributed by atoms with van der Waals surface area (Å²) in [6.07, 6.45) is 3.79. The number of aromatic nitrogens is 4. The van der Waals surface area contributed by atoms with Gasteiger partial charge in [0.2, 0.25) is 6.71 Å². The molecule has 11 rings (SSSR count). The second-order valence-corrected chi connectivity index (χ2v) is 14.8. The van der Waals surface area contributed by atoms with Crippen LogP contribution in [0, 0.1) is 13.8 Å². The highest BCUT2D eigenvalue weighted by Crippen LogP contribution is 2.39. The molecule has 3 aromatic heterocycles. The van der Waals surface area contributed by atoms with Crippen LogP contribution >= 0.6 is 0 Å². The standard InChI is InChI=1S/C50H36BN5O/c1-33-13-11-14-34(2)50(33)51-41-18-4-8-22-45(41)55(46-23-9-5-19-42(46)51)36-27-28-52-49(30-36)56-44-21-7-3-17-39(44)40-26-25-38(31-48(40)56)57-37-16-12-15-35(29-37)54-32-53-43-20-6-10-24-47(43)54/h3-32H,1-2H3. The van der Waals surface area contributed by atoms with Crippen molar-refractivity contribution in [3.63, 3.8) is 0 Å². The van der Waals surface area contributed by atoms with Gasteiger partial charge in [0.05, 0.1) is 33.4 Å². The Kier molecular flexibility index (Phi) is 7.61. The molecule has 270 valence electrons. The molecule has 0 aliphatic carbocycles. The number of aryl methyl sites for hydroxylation is 2. The summed E-state index contributed by atoms with van der Waals surface area (Å²) in [6, 6.07) is 59.8. The van der Waals surface area contributed by atoms with Crippen LogP contribution in [-0.2, 0) is 0 Å². The fraction of sp³-hybridized carbons (Fsp3) is 0.0400. The van der Waals surface area contributed by atoms with Gasteiger partial charge in [0.25, 0.3) is 0 Å². The first-order valence-corrected chi connectivity index (χ1v) is 19.3. The molecule has 0 atom stereocenters. The maximum absolute atomic E-state index is 6.61. The Morgan fingerprint density at radius 2 is 1.18 bits per heavy atom. The van der Waals surface area contributed by atoms with E-state index in [2.05, 4.69) is 172 Å². The fourth-order valence-electron chi connectivity index (χ4n) is 8.97. The maximum Gasteiger partial charge on any atom is 0.247 e. The zero-order chi connectivity index (χ0) is 38.0. The van der Waals surface area contributed by atoms with Crippen molar-refractivity contribution in [3.05, 3.63) is 194 Å². The lowest BCUT2D eigenvalue weighted by molar-refractivity contribution is 0.483. The smallest absolute Gasteiger partial charge is 0.247 e. The molecular weight excluding hydrogens is 697 g/mol. The Bertz CT molecular complexity index is 3110. The van der Waals surface area contributed by atoms with Crippen molar-refractivity contribution in [2.45, 2.75) is 13.8 Å². The Labute approximate surface area is 331 Å². The monoisotopic (exact) mass is 733 g/mol. The van der Waals surface area contributed by atoms with Gasteiger partial charge in [-0.3, -0.25) is 9.13 Å². The van der Waals surface area contributed by atoms with Crippen molar-refractivity contribution >= 4 is 73.0 Å². The van der Waals surface area contributed by atoms with Crippen molar-refractivity contribution in [2.24, 2.45) is 0 Å². The summed E-state index contributed by atoms with van der Waals surface area (Å²) in [5.41, 5.74) is 15.0. The fourth-order valence-corrected chi connectivity index (χ4v) is 8.97. The number of anilines is 3. The van der Waals surface area contributed by atoms with Crippen molar-refractivity contribution in [1.82, 2.24) is 19.1 Å². The first kappa shape index (κ1) is 33.0. The molecular formula is C50H36BN5O. The van der Waals surface area contributed by atoms with Crippen LogP contribution in [0.4, 0.5) is 17.1 Å². The summed E-state index contributed by atoms with van der Waals surface area (Å²) in [4.78, 5) is 12.0. The predicted octanol–water partition coefficient (Wildman–Crippen LogP) is 10.2. The van der Waals surface area contributed by atoms with Gasteiger partial charge in [-0.2, -0.15) is 0 Å². The number of rotatable bonds is 6. The van der Waals surface area contributed by atoms with E-state index in [1.54, 1.807) is 0 Å². The third-order valence-electron chi connectivity index (χ3n) is 11.5. The number of hydrogen-bond acceptors (Lipinski definition) is 4. The van der Waals surface area contributed by atoms with Gasteiger partial charge >= 0.3 is 0 Å². The van der Waals surface area contributed by atoms with Crippen molar-refractivity contribution < 1.29 is 4.74 Å². The minimum absolute atomic E-state index is 0.118. The van der Waals surface area contributed by atoms with E-state index < -0.39 is 0 Å². The Morgan fingerprint density at radius 3 is 1.98 bits per heavy atom. The van der Waals surface area contributed by atoms with E-state index >= 15 is 0 Å². The first-order chi connectivity index (χ1) is 28.1. The van der Waals surface area contributed by atoms with Crippen LogP contribution in [0.2, 0.25) is 0 Å². The summed E-state index contributed by atoms with van der Waals surface area (Å²) in [6.45, 7) is 4.58. The molecule has 0 saturated carbocycles. The molecule has 1 aliphatic rings. The van der Waals surface area contributed by atoms with E-state index in [1.165, 1.54) is 38.9 Å². The average Bonchev–Trinajstić information content (AvgIpc) is 3.83. The number of para-hydroxylation sites is 5. The van der Waals surface area contributed by atoms with Gasteiger partial charge in [-0.1, -0.05) is 108 Å². The number of ether oxygens (including phenoxy) is 1. The third-order valence-corrected chi connectivity index (χ3v) is 11.5. The lowest BCUT2D eigenvalue weighted by Gasteiger charge is -2.37. The van der Waals surface area contributed by atoms with Crippen LogP contribution in [0.1, 0.15) is 11.1 Å². The summed E-state index contributed by atoms with van der Waals surface area (Å²) in [5.74, 6) is 2.32. The number of hydrogen-bond donors (Lipinski definition) is 0. The van der Waals surface area contributed by atoms with Crippen molar-refractivity contribution in [2.75, 3.05) is 4.90 Å². The second-order valence-electron chi connectivity index (χ2n) is 14.8. The average molecular weight is 734 g/mol. The van der Waals surface area contributed by atoms with Gasteiger partial charge in [0.1, 0.15) is 23.6 Å². The zero-order valence-corrected chi connectivity index (χ0v) is 31.5. The van der Waals surface area contributed by atoms with E-state index in [4.69, 9.17) is 9.72 Å². The lowest BCUT2D eigenvalue weighted by atomic mass is 9.34. The highest BCUT2D eigenvalue weighted by Gasteiger charge is 2.36. The van der Waals surface area contributed by atoms with Crippen molar-refractivity contribution in [1.29, 1.82) is 0 Å². The van der Waals surface area contributed by atoms with Crippen LogP contribution < -0.4 is 26.0 Å². The van der Waals surface area contributed by atoms with Gasteiger partial charge in [-0.15, -0.1) is 0 Å². The minimum atomic E-state index is 0.118. The predicted molar refractivity (Wildman–Crippen MR) is 235 cm³/mol. The Hall–Kier alpha value is -7.38. The van der Waals surface area contributed by atoms with Crippen LogP contribution in [0.15, 0.2) is 182 Å². The maximum atomic E-state index is 6.61. The van der Waals surface area contributed by atoms with Gasteiger partial charge in [0, 0.05) is 46.5 Å². The Morgan fingerprint density at radius 1 is 0.509 bits per heavy atom. The topological polar surface area (TPSA) is 48.1 Å². The number of benzene rings is 7. The largest absolute Gasteiger partial charge is 0.457 e. The van der Waals surface area contributed by atoms with Gasteiger partial charge in [0.15, 0.2) is 0 Å². The molecule has 0 unspecified atom stereocenters. The molecule has 0 radical (unpaired) electrons. The van der Waals surface area contributed by atoms with E-state index in [9.17, 15) is 0 Å². The number of fused-ring (bicyclic) bond motifs is 6. The summed E-state index contributed by atoms with van der Waals surface area (Å²) in [5, 5.41) is 2.29. The summed E-state index contributed by atoms with van der Waals surface area (Å²) < 4.78 is 11.0. The molecule has 0 amide bonds. The summed E-state index contributed by atoms with van der Waals surface area (Å²) in [7, 11) is 0. The molecule has 7 heteroatoms. The van der Waals surface area contributed by atoms with E-state index in [1.807, 2.05) is 42.9 Å². The molecule has 0 saturated heterocycles. The number of pyridine rings is 1. The first-order valence-electron chi connectivity index (χ1n) is 19.3. The minimum Gasteiger partial charge on any atom is -0.457 e. The highest BCUT2D eigenvalue weighted by atomic mass is 16.5. The molecule has 57 heavy (non-hydrogen) atoms. The SMILES string of the molecule is Cc1cccc(C)c1B1c2ccccc2N(c2ccnc(-n3c4ccccc4c4ccc(Oc5cccc(-n6cnc7ccccc76)c5)cc43)c2)c2ccccc21. The van der Waals surface area contributed by atoms with Gasteiger partial charge < -0.3 is 9.64 Å². The quantitative estimate of drug-likeness (QED) is 0.160. The molecule has 7 aromatic carbocycles. The Balaban J connectivity index is 1.03. The molecule has 10 aromatic rings. The molecule has 0 spiro atoms. The van der Waals surface area contributed by atoms with Crippen molar-refractivity contribution in [3.8, 4) is 23.0 Å². The third kappa shape index (κ3) is 5.35. The zero-order valence-electron chi connectivity index (χ0n) is 31.5.